The van der Waals surface area contributed by atoms with Gasteiger partial charge >= 0.3 is 17.9 Å². The lowest BCUT2D eigenvalue weighted by Gasteiger charge is -2.44. The Balaban J connectivity index is 1.64. The predicted octanol–water partition coefficient (Wildman–Crippen LogP) is 5.70. The van der Waals surface area contributed by atoms with Crippen LogP contribution < -0.4 is 14.9 Å². The number of fused-ring (bicyclic) bond motifs is 5. The Morgan fingerprint density at radius 2 is 1.60 bits per heavy atom. The number of aromatic nitrogens is 1. The van der Waals surface area contributed by atoms with Gasteiger partial charge < -0.3 is 28.6 Å². The predicted molar refractivity (Wildman–Crippen MR) is 167 cm³/mol. The highest BCUT2D eigenvalue weighted by molar-refractivity contribution is 6.04. The SMILES string of the molecule is COc1cc2c(c3c1c(=O)c1cc4ccccc4cc1n3C)[C@@H](OC(=O)c1ccccc1)[C@@H](OC(=O)CCC(=O)O)C(C)(C)O2. The summed E-state index contributed by atoms with van der Waals surface area (Å²) in [5.74, 6) is -2.09. The van der Waals surface area contributed by atoms with Crippen molar-refractivity contribution in [1.29, 1.82) is 0 Å². The molecule has 0 radical (unpaired) electrons. The summed E-state index contributed by atoms with van der Waals surface area (Å²) in [6.07, 6.45) is -3.29. The molecule has 0 saturated heterocycles. The normalized spacial score (nSPS) is 17.0. The van der Waals surface area contributed by atoms with E-state index in [9.17, 15) is 19.2 Å². The van der Waals surface area contributed by atoms with Gasteiger partial charge in [-0.3, -0.25) is 14.4 Å². The third-order valence-corrected chi connectivity index (χ3v) is 8.18. The first-order chi connectivity index (χ1) is 21.5. The Hall–Kier alpha value is -5.38. The molecule has 6 rings (SSSR count). The van der Waals surface area contributed by atoms with E-state index < -0.39 is 48.6 Å². The van der Waals surface area contributed by atoms with Gasteiger partial charge in [0, 0.05) is 18.5 Å². The highest BCUT2D eigenvalue weighted by atomic mass is 16.6. The van der Waals surface area contributed by atoms with Crippen molar-refractivity contribution in [1.82, 2.24) is 4.57 Å². The summed E-state index contributed by atoms with van der Waals surface area (Å²) >= 11 is 0. The Kier molecular flexibility index (Phi) is 7.44. The zero-order valence-electron chi connectivity index (χ0n) is 25.2. The molecule has 0 bridgehead atoms. The van der Waals surface area contributed by atoms with Crippen molar-refractivity contribution < 1.29 is 38.4 Å². The number of methoxy groups -OCH3 is 1. The zero-order chi connectivity index (χ0) is 32.0. The molecule has 0 aliphatic carbocycles. The van der Waals surface area contributed by atoms with Crippen LogP contribution in [-0.4, -0.2) is 46.4 Å². The van der Waals surface area contributed by atoms with Crippen molar-refractivity contribution in [2.45, 2.75) is 44.5 Å². The number of carbonyl (C=O) groups excluding carboxylic acids is 2. The highest BCUT2D eigenvalue weighted by Gasteiger charge is 2.50. The minimum absolute atomic E-state index is 0.238. The molecule has 45 heavy (non-hydrogen) atoms. The van der Waals surface area contributed by atoms with E-state index in [0.29, 0.717) is 22.0 Å². The molecule has 5 aromatic rings. The van der Waals surface area contributed by atoms with E-state index in [1.54, 1.807) is 57.3 Å². The third kappa shape index (κ3) is 5.22. The quantitative estimate of drug-likeness (QED) is 0.182. The molecule has 0 saturated carbocycles. The molecule has 4 aromatic carbocycles. The summed E-state index contributed by atoms with van der Waals surface area (Å²) in [5.41, 5.74) is 0.0391. The Morgan fingerprint density at radius 3 is 2.27 bits per heavy atom. The molecule has 2 heterocycles. The van der Waals surface area contributed by atoms with E-state index in [1.807, 2.05) is 41.0 Å². The van der Waals surface area contributed by atoms with Crippen molar-refractivity contribution in [3.8, 4) is 11.5 Å². The van der Waals surface area contributed by atoms with Crippen molar-refractivity contribution in [3.05, 3.63) is 94.1 Å². The standard InChI is InChI=1S/C35H31NO9/c1-35(2)33(43-27(39)15-14-26(37)38)32(44-34(41)19-10-6-5-7-11-19)29-25(45-35)18-24(42-4)28-30(29)36(3)23-17-21-13-9-8-12-20(21)16-22(23)31(28)40/h5-13,16-18,32-33H,14-15H2,1-4H3,(H,37,38)/t32-,33-/m1/s1. The van der Waals surface area contributed by atoms with Gasteiger partial charge in [-0.25, -0.2) is 4.79 Å². The lowest BCUT2D eigenvalue weighted by Crippen LogP contribution is -2.52. The number of aliphatic carboxylic acids is 1. The van der Waals surface area contributed by atoms with Crippen molar-refractivity contribution in [2.24, 2.45) is 7.05 Å². The first-order valence-corrected chi connectivity index (χ1v) is 14.4. The van der Waals surface area contributed by atoms with Gasteiger partial charge in [-0.2, -0.15) is 0 Å². The number of carboxylic acids is 1. The average molecular weight is 610 g/mol. The summed E-state index contributed by atoms with van der Waals surface area (Å²) < 4.78 is 26.0. The monoisotopic (exact) mass is 609 g/mol. The Labute approximate surface area is 257 Å². The topological polar surface area (TPSA) is 130 Å². The van der Waals surface area contributed by atoms with Crippen LogP contribution >= 0.6 is 0 Å². The molecule has 10 nitrogen and oxygen atoms in total. The van der Waals surface area contributed by atoms with Gasteiger partial charge in [0.2, 0.25) is 5.43 Å². The fourth-order valence-corrected chi connectivity index (χ4v) is 6.02. The number of nitrogens with zero attached hydrogens (tertiary/aromatic N) is 1. The summed E-state index contributed by atoms with van der Waals surface area (Å²) in [6.45, 7) is 3.35. The molecule has 1 aliphatic heterocycles. The average Bonchev–Trinajstić information content (AvgIpc) is 3.02. The number of carbonyl (C=O) groups is 3. The van der Waals surface area contributed by atoms with Crippen LogP contribution in [0, 0.1) is 0 Å². The van der Waals surface area contributed by atoms with E-state index >= 15 is 0 Å². The van der Waals surface area contributed by atoms with Gasteiger partial charge in [-0.15, -0.1) is 0 Å². The van der Waals surface area contributed by atoms with E-state index in [-0.39, 0.29) is 27.9 Å². The number of hydrogen-bond acceptors (Lipinski definition) is 8. The van der Waals surface area contributed by atoms with Crippen LogP contribution in [0.15, 0.2) is 77.6 Å². The summed E-state index contributed by atoms with van der Waals surface area (Å²) in [5, 5.41) is 11.6. The molecule has 1 aliphatic rings. The summed E-state index contributed by atoms with van der Waals surface area (Å²) in [6, 6.07) is 21.4. The smallest absolute Gasteiger partial charge is 0.338 e. The molecule has 0 unspecified atom stereocenters. The first-order valence-electron chi connectivity index (χ1n) is 14.4. The molecule has 0 amide bonds. The van der Waals surface area contributed by atoms with Gasteiger partial charge in [0.15, 0.2) is 12.2 Å². The second kappa shape index (κ2) is 11.3. The van der Waals surface area contributed by atoms with Crippen LogP contribution in [-0.2, 0) is 26.1 Å². The van der Waals surface area contributed by atoms with E-state index in [0.717, 1.165) is 10.8 Å². The lowest BCUT2D eigenvalue weighted by atomic mass is 9.86. The largest absolute Gasteiger partial charge is 0.496 e. The maximum atomic E-state index is 14.3. The number of aryl methyl sites for hydroxylation is 1. The molecular weight excluding hydrogens is 578 g/mol. The lowest BCUT2D eigenvalue weighted by molar-refractivity contribution is -0.178. The zero-order valence-corrected chi connectivity index (χ0v) is 25.2. The van der Waals surface area contributed by atoms with Crippen LogP contribution in [0.1, 0.15) is 48.7 Å². The van der Waals surface area contributed by atoms with E-state index in [1.165, 1.54) is 7.11 Å². The number of ether oxygens (including phenoxy) is 4. The first kappa shape index (κ1) is 29.7. The number of rotatable bonds is 7. The second-order valence-electron chi connectivity index (χ2n) is 11.5. The highest BCUT2D eigenvalue weighted by Crippen LogP contribution is 2.49. The molecular formula is C35H31NO9. The number of benzene rings is 4. The molecule has 10 heteroatoms. The van der Waals surface area contributed by atoms with Crippen LogP contribution in [0.3, 0.4) is 0 Å². The van der Waals surface area contributed by atoms with E-state index in [2.05, 4.69) is 0 Å². The molecule has 230 valence electrons. The number of esters is 2. The number of pyridine rings is 1. The summed E-state index contributed by atoms with van der Waals surface area (Å²) in [7, 11) is 3.25. The van der Waals surface area contributed by atoms with Crippen molar-refractivity contribution in [2.75, 3.05) is 7.11 Å². The summed E-state index contributed by atoms with van der Waals surface area (Å²) in [4.78, 5) is 51.9. The molecule has 0 fully saturated rings. The van der Waals surface area contributed by atoms with Crippen molar-refractivity contribution >= 4 is 50.5 Å². The maximum Gasteiger partial charge on any atom is 0.338 e. The minimum atomic E-state index is -1.25. The van der Waals surface area contributed by atoms with Crippen LogP contribution in [0.5, 0.6) is 11.5 Å². The fraction of sp³-hybridized carbons (Fsp3) is 0.257. The number of hydrogen-bond donors (Lipinski definition) is 1. The maximum absolute atomic E-state index is 14.3. The second-order valence-corrected chi connectivity index (χ2v) is 11.5. The van der Waals surface area contributed by atoms with Crippen molar-refractivity contribution in [3.63, 3.8) is 0 Å². The third-order valence-electron chi connectivity index (χ3n) is 8.18. The van der Waals surface area contributed by atoms with Crippen LogP contribution in [0.2, 0.25) is 0 Å². The van der Waals surface area contributed by atoms with Gasteiger partial charge in [0.25, 0.3) is 0 Å². The Bertz CT molecular complexity index is 2060. The fourth-order valence-electron chi connectivity index (χ4n) is 6.02. The van der Waals surface area contributed by atoms with Crippen LogP contribution in [0.25, 0.3) is 32.6 Å². The molecule has 1 N–H and O–H groups in total. The molecule has 2 atom stereocenters. The molecule has 0 spiro atoms. The van der Waals surface area contributed by atoms with Gasteiger partial charge in [-0.1, -0.05) is 42.5 Å². The molecule has 1 aromatic heterocycles. The van der Waals surface area contributed by atoms with E-state index in [4.69, 9.17) is 24.1 Å². The minimum Gasteiger partial charge on any atom is -0.496 e. The van der Waals surface area contributed by atoms with Crippen LogP contribution in [0.4, 0.5) is 0 Å². The van der Waals surface area contributed by atoms with Gasteiger partial charge in [0.1, 0.15) is 17.1 Å². The van der Waals surface area contributed by atoms with Gasteiger partial charge in [0.05, 0.1) is 47.5 Å². The van der Waals surface area contributed by atoms with Gasteiger partial charge in [-0.05, 0) is 48.9 Å². The Morgan fingerprint density at radius 1 is 0.933 bits per heavy atom. The number of carboxylic acid groups (broad SMARTS) is 1.